The van der Waals surface area contributed by atoms with Crippen molar-refractivity contribution in [3.63, 3.8) is 0 Å². The van der Waals surface area contributed by atoms with Crippen molar-refractivity contribution in [1.29, 1.82) is 0 Å². The van der Waals surface area contributed by atoms with Gasteiger partial charge in [-0.15, -0.1) is 0 Å². The van der Waals surface area contributed by atoms with Crippen molar-refractivity contribution in [3.8, 4) is 33.9 Å². The van der Waals surface area contributed by atoms with E-state index in [9.17, 15) is 4.79 Å². The zero-order chi connectivity index (χ0) is 23.8. The molecule has 168 valence electrons. The summed E-state index contributed by atoms with van der Waals surface area (Å²) in [5.74, 6) is 0.517. The molecule has 0 aliphatic rings. The number of hydrogen-bond acceptors (Lipinski definition) is 4. The summed E-state index contributed by atoms with van der Waals surface area (Å²) in [6.07, 6.45) is 5.17. The Bertz CT molecular complexity index is 1690. The molecule has 0 saturated carbocycles. The van der Waals surface area contributed by atoms with E-state index in [1.807, 2.05) is 71.3 Å². The van der Waals surface area contributed by atoms with Crippen molar-refractivity contribution in [2.24, 2.45) is 0 Å². The molecule has 0 saturated heterocycles. The van der Waals surface area contributed by atoms with Crippen molar-refractivity contribution in [2.75, 3.05) is 0 Å². The van der Waals surface area contributed by atoms with Gasteiger partial charge in [-0.1, -0.05) is 54.1 Å². The number of halogens is 1. The molecule has 0 bridgehead atoms. The summed E-state index contributed by atoms with van der Waals surface area (Å²) < 4.78 is 3.42. The lowest BCUT2D eigenvalue weighted by Gasteiger charge is -2.14. The second-order valence-electron chi connectivity index (χ2n) is 7.99. The lowest BCUT2D eigenvalue weighted by Crippen LogP contribution is -2.22. The van der Waals surface area contributed by atoms with Gasteiger partial charge in [0, 0.05) is 28.7 Å². The summed E-state index contributed by atoms with van der Waals surface area (Å²) in [6, 6.07) is 28.8. The highest BCUT2D eigenvalue weighted by molar-refractivity contribution is 6.30. The van der Waals surface area contributed by atoms with Crippen LogP contribution >= 0.6 is 11.6 Å². The van der Waals surface area contributed by atoms with Crippen molar-refractivity contribution >= 4 is 22.8 Å². The van der Waals surface area contributed by atoms with Crippen LogP contribution in [-0.4, -0.2) is 24.1 Å². The van der Waals surface area contributed by atoms with Gasteiger partial charge in [-0.05, 0) is 59.7 Å². The predicted molar refractivity (Wildman–Crippen MR) is 138 cm³/mol. The van der Waals surface area contributed by atoms with Crippen LogP contribution in [0.2, 0.25) is 5.02 Å². The van der Waals surface area contributed by atoms with Crippen LogP contribution in [0.1, 0.15) is 0 Å². The van der Waals surface area contributed by atoms with E-state index in [1.165, 1.54) is 0 Å². The van der Waals surface area contributed by atoms with Crippen LogP contribution in [0.5, 0.6) is 0 Å². The van der Waals surface area contributed by atoms with E-state index in [1.54, 1.807) is 47.6 Å². The SMILES string of the molecule is O=c1c2ncn(-c3ccccc3)c2nc(-c2ccc(-c3ccncc3)cc2)n1-c1ccc(Cl)cc1. The molecule has 3 aromatic carbocycles. The van der Waals surface area contributed by atoms with E-state index >= 15 is 0 Å². The summed E-state index contributed by atoms with van der Waals surface area (Å²) in [5.41, 5.74) is 5.00. The Labute approximate surface area is 205 Å². The predicted octanol–water partition coefficient (Wildman–Crippen LogP) is 5.95. The van der Waals surface area contributed by atoms with Crippen LogP contribution in [0.25, 0.3) is 45.1 Å². The molecule has 0 unspecified atom stereocenters. The summed E-state index contributed by atoms with van der Waals surface area (Å²) in [6.45, 7) is 0. The van der Waals surface area contributed by atoms with Gasteiger partial charge in [0.15, 0.2) is 11.2 Å². The largest absolute Gasteiger partial charge is 0.286 e. The zero-order valence-electron chi connectivity index (χ0n) is 18.4. The number of aromatic nitrogens is 5. The third kappa shape index (κ3) is 3.80. The molecule has 0 fully saturated rings. The van der Waals surface area contributed by atoms with Gasteiger partial charge < -0.3 is 0 Å². The number of para-hydroxylation sites is 1. The lowest BCUT2D eigenvalue weighted by atomic mass is 10.0. The minimum absolute atomic E-state index is 0.250. The maximum atomic E-state index is 13.7. The van der Waals surface area contributed by atoms with E-state index in [0.717, 1.165) is 22.4 Å². The molecule has 0 spiro atoms. The van der Waals surface area contributed by atoms with E-state index < -0.39 is 0 Å². The Kier molecular flexibility index (Phi) is 5.20. The van der Waals surface area contributed by atoms with Crippen LogP contribution in [0.3, 0.4) is 0 Å². The maximum Gasteiger partial charge on any atom is 0.286 e. The molecule has 6 aromatic rings. The first-order chi connectivity index (χ1) is 17.2. The molecule has 35 heavy (non-hydrogen) atoms. The minimum Gasteiger partial charge on any atom is -0.283 e. The van der Waals surface area contributed by atoms with Gasteiger partial charge in [-0.25, -0.2) is 9.97 Å². The molecule has 0 amide bonds. The molecule has 3 aromatic heterocycles. The standard InChI is InChI=1S/C28H18ClN5O/c29-22-10-12-24(13-11-22)34-26(21-8-6-19(7-9-21)20-14-16-30-17-15-20)32-27-25(28(34)35)31-18-33(27)23-4-2-1-3-5-23/h1-18H. The quantitative estimate of drug-likeness (QED) is 0.316. The number of rotatable bonds is 4. The smallest absolute Gasteiger partial charge is 0.283 e. The van der Waals surface area contributed by atoms with E-state index in [4.69, 9.17) is 16.6 Å². The number of hydrogen-bond donors (Lipinski definition) is 0. The van der Waals surface area contributed by atoms with Crippen molar-refractivity contribution in [1.82, 2.24) is 24.1 Å². The number of pyridine rings is 1. The molecule has 0 aliphatic carbocycles. The number of imidazole rings is 1. The molecule has 0 N–H and O–H groups in total. The summed E-state index contributed by atoms with van der Waals surface area (Å²) in [5, 5.41) is 0.590. The van der Waals surface area contributed by atoms with Gasteiger partial charge in [0.1, 0.15) is 12.2 Å². The van der Waals surface area contributed by atoms with Gasteiger partial charge in [0.25, 0.3) is 5.56 Å². The van der Waals surface area contributed by atoms with Crippen LogP contribution in [0.15, 0.2) is 115 Å². The summed E-state index contributed by atoms with van der Waals surface area (Å²) in [7, 11) is 0. The van der Waals surface area contributed by atoms with Crippen LogP contribution in [-0.2, 0) is 0 Å². The first-order valence-electron chi connectivity index (χ1n) is 11.0. The van der Waals surface area contributed by atoms with Crippen molar-refractivity contribution < 1.29 is 0 Å². The van der Waals surface area contributed by atoms with Crippen LogP contribution < -0.4 is 5.56 Å². The molecule has 0 atom stereocenters. The molecule has 0 aliphatic heterocycles. The molecule has 3 heterocycles. The van der Waals surface area contributed by atoms with Gasteiger partial charge in [-0.2, -0.15) is 0 Å². The number of fused-ring (bicyclic) bond motifs is 1. The fraction of sp³-hybridized carbons (Fsp3) is 0. The van der Waals surface area contributed by atoms with E-state index in [0.29, 0.717) is 27.7 Å². The van der Waals surface area contributed by atoms with Crippen molar-refractivity contribution in [2.45, 2.75) is 0 Å². The third-order valence-corrected chi connectivity index (χ3v) is 6.10. The third-order valence-electron chi connectivity index (χ3n) is 5.85. The number of nitrogens with zero attached hydrogens (tertiary/aromatic N) is 5. The lowest BCUT2D eigenvalue weighted by molar-refractivity contribution is 0.962. The summed E-state index contributed by atoms with van der Waals surface area (Å²) >= 11 is 6.11. The fourth-order valence-corrected chi connectivity index (χ4v) is 4.24. The molecular weight excluding hydrogens is 458 g/mol. The minimum atomic E-state index is -0.250. The molecule has 6 rings (SSSR count). The summed E-state index contributed by atoms with van der Waals surface area (Å²) in [4.78, 5) is 27.2. The highest BCUT2D eigenvalue weighted by atomic mass is 35.5. The van der Waals surface area contributed by atoms with Gasteiger partial charge in [0.05, 0.1) is 5.69 Å². The van der Waals surface area contributed by atoms with E-state index in [2.05, 4.69) is 9.97 Å². The highest BCUT2D eigenvalue weighted by Gasteiger charge is 2.19. The Morgan fingerprint density at radius 2 is 1.34 bits per heavy atom. The Balaban J connectivity index is 1.59. The monoisotopic (exact) mass is 475 g/mol. The molecular formula is C28H18ClN5O. The van der Waals surface area contributed by atoms with E-state index in [-0.39, 0.29) is 5.56 Å². The van der Waals surface area contributed by atoms with Gasteiger partial charge in [-0.3, -0.25) is 18.9 Å². The average Bonchev–Trinajstić information content (AvgIpc) is 3.35. The molecule has 6 nitrogen and oxygen atoms in total. The normalized spacial score (nSPS) is 11.1. The first kappa shape index (κ1) is 21.0. The Morgan fingerprint density at radius 3 is 2.06 bits per heavy atom. The second kappa shape index (κ2) is 8.66. The van der Waals surface area contributed by atoms with Gasteiger partial charge >= 0.3 is 0 Å². The average molecular weight is 476 g/mol. The molecule has 7 heteroatoms. The maximum absolute atomic E-state index is 13.7. The highest BCUT2D eigenvalue weighted by Crippen LogP contribution is 2.27. The number of benzene rings is 3. The van der Waals surface area contributed by atoms with Crippen LogP contribution in [0.4, 0.5) is 0 Å². The van der Waals surface area contributed by atoms with Gasteiger partial charge in [0.2, 0.25) is 0 Å². The fourth-order valence-electron chi connectivity index (χ4n) is 4.11. The zero-order valence-corrected chi connectivity index (χ0v) is 19.2. The van der Waals surface area contributed by atoms with Crippen LogP contribution in [0, 0.1) is 0 Å². The topological polar surface area (TPSA) is 65.6 Å². The second-order valence-corrected chi connectivity index (χ2v) is 8.42. The van der Waals surface area contributed by atoms with Crippen molar-refractivity contribution in [3.05, 3.63) is 125 Å². The molecule has 0 radical (unpaired) electrons. The Morgan fingerprint density at radius 1 is 0.686 bits per heavy atom. The first-order valence-corrected chi connectivity index (χ1v) is 11.4. The Hall–Kier alpha value is -4.55.